The number of aromatic nitrogens is 1. The van der Waals surface area contributed by atoms with Crippen molar-refractivity contribution in [2.75, 3.05) is 0 Å². The van der Waals surface area contributed by atoms with Crippen molar-refractivity contribution in [3.8, 4) is 22.4 Å². The van der Waals surface area contributed by atoms with Crippen LogP contribution in [0.1, 0.15) is 0 Å². The molecule has 0 saturated carbocycles. The summed E-state index contributed by atoms with van der Waals surface area (Å²) in [7, 11) is 0. The zero-order valence-electron chi connectivity index (χ0n) is 22.1. The van der Waals surface area contributed by atoms with Crippen LogP contribution in [-0.2, 0) is 0 Å². The molecular formula is C39H23NO. The van der Waals surface area contributed by atoms with Gasteiger partial charge in [0.25, 0.3) is 0 Å². The van der Waals surface area contributed by atoms with Gasteiger partial charge in [0, 0.05) is 27.1 Å². The maximum Gasteiger partial charge on any atom is 0.146 e. The molecule has 7 aromatic carbocycles. The largest absolute Gasteiger partial charge is 0.455 e. The fraction of sp³-hybridized carbons (Fsp3) is 0. The van der Waals surface area contributed by atoms with Crippen LogP contribution in [0.3, 0.4) is 0 Å². The fourth-order valence-electron chi connectivity index (χ4n) is 6.62. The Balaban J connectivity index is 1.40. The first kappa shape index (κ1) is 22.4. The highest BCUT2D eigenvalue weighted by molar-refractivity contribution is 6.34. The third-order valence-corrected chi connectivity index (χ3v) is 8.42. The SMILES string of the molecule is c1cc(-c2cccc3ccccc23)cc(-c2nc3c4ccccc4c4c5ccccc5oc4c3c3ccccc23)c1. The van der Waals surface area contributed by atoms with E-state index in [0.29, 0.717) is 0 Å². The number of fused-ring (bicyclic) bond motifs is 11. The highest BCUT2D eigenvalue weighted by atomic mass is 16.3. The standard InChI is InChI=1S/C39H23NO/c1-2-15-27-24(11-1)12-10-21-28(27)25-13-9-14-26(23-25)37-31-18-5-4-17-30(31)36-38(40-37)32-19-6-3-16-29(32)35-33-20-7-8-22-34(33)41-39(35)36/h1-23H. The minimum atomic E-state index is 0.899. The van der Waals surface area contributed by atoms with Gasteiger partial charge < -0.3 is 4.42 Å². The zero-order chi connectivity index (χ0) is 26.9. The van der Waals surface area contributed by atoms with E-state index in [9.17, 15) is 0 Å². The molecule has 0 atom stereocenters. The van der Waals surface area contributed by atoms with E-state index in [-0.39, 0.29) is 0 Å². The smallest absolute Gasteiger partial charge is 0.146 e. The summed E-state index contributed by atoms with van der Waals surface area (Å²) in [4.78, 5) is 5.46. The molecular weight excluding hydrogens is 498 g/mol. The van der Waals surface area contributed by atoms with Crippen LogP contribution < -0.4 is 0 Å². The second-order valence-electron chi connectivity index (χ2n) is 10.7. The van der Waals surface area contributed by atoms with E-state index < -0.39 is 0 Å². The van der Waals surface area contributed by atoms with Crippen molar-refractivity contribution in [2.45, 2.75) is 0 Å². The lowest BCUT2D eigenvalue weighted by Gasteiger charge is -2.14. The van der Waals surface area contributed by atoms with E-state index >= 15 is 0 Å². The first-order valence-corrected chi connectivity index (χ1v) is 14.0. The average molecular weight is 522 g/mol. The lowest BCUT2D eigenvalue weighted by atomic mass is 9.93. The van der Waals surface area contributed by atoms with Gasteiger partial charge in [0.15, 0.2) is 0 Å². The van der Waals surface area contributed by atoms with E-state index in [2.05, 4.69) is 133 Å². The monoisotopic (exact) mass is 521 g/mol. The summed E-state index contributed by atoms with van der Waals surface area (Å²) in [6.07, 6.45) is 0. The Hall–Kier alpha value is -5.47. The van der Waals surface area contributed by atoms with E-state index in [1.54, 1.807) is 0 Å². The minimum Gasteiger partial charge on any atom is -0.455 e. The van der Waals surface area contributed by atoms with Crippen LogP contribution >= 0.6 is 0 Å². The molecule has 0 amide bonds. The Kier molecular flexibility index (Phi) is 4.64. The Morgan fingerprint density at radius 1 is 0.439 bits per heavy atom. The number of hydrogen-bond donors (Lipinski definition) is 0. The van der Waals surface area contributed by atoms with Crippen LogP contribution in [0.5, 0.6) is 0 Å². The van der Waals surface area contributed by atoms with Gasteiger partial charge in [-0.15, -0.1) is 0 Å². The maximum absolute atomic E-state index is 6.61. The predicted octanol–water partition coefficient (Wildman–Crippen LogP) is 10.9. The van der Waals surface area contributed by atoms with Crippen LogP contribution in [0.4, 0.5) is 0 Å². The van der Waals surface area contributed by atoms with Gasteiger partial charge in [0.05, 0.1) is 16.6 Å². The number of rotatable bonds is 2. The molecule has 9 rings (SSSR count). The van der Waals surface area contributed by atoms with Crippen molar-refractivity contribution < 1.29 is 4.42 Å². The number of hydrogen-bond acceptors (Lipinski definition) is 2. The summed E-state index contributed by atoms with van der Waals surface area (Å²) in [5.41, 5.74) is 7.26. The zero-order valence-corrected chi connectivity index (χ0v) is 22.1. The van der Waals surface area contributed by atoms with Gasteiger partial charge in [-0.1, -0.05) is 127 Å². The summed E-state index contributed by atoms with van der Waals surface area (Å²) in [6.45, 7) is 0. The van der Waals surface area contributed by atoms with E-state index in [0.717, 1.165) is 65.6 Å². The van der Waals surface area contributed by atoms with Crippen molar-refractivity contribution in [1.29, 1.82) is 0 Å². The van der Waals surface area contributed by atoms with Gasteiger partial charge in [0.2, 0.25) is 0 Å². The molecule has 9 aromatic rings. The molecule has 0 aliphatic heterocycles. The second-order valence-corrected chi connectivity index (χ2v) is 10.7. The molecule has 190 valence electrons. The van der Waals surface area contributed by atoms with Gasteiger partial charge in [-0.25, -0.2) is 4.98 Å². The van der Waals surface area contributed by atoms with E-state index in [4.69, 9.17) is 9.40 Å². The Morgan fingerprint density at radius 2 is 1.05 bits per heavy atom. The molecule has 0 spiro atoms. The van der Waals surface area contributed by atoms with Gasteiger partial charge in [-0.3, -0.25) is 0 Å². The highest BCUT2D eigenvalue weighted by Gasteiger charge is 2.20. The predicted molar refractivity (Wildman–Crippen MR) is 172 cm³/mol. The first-order valence-electron chi connectivity index (χ1n) is 14.0. The summed E-state index contributed by atoms with van der Waals surface area (Å²) in [5.74, 6) is 0. The van der Waals surface area contributed by atoms with Crippen molar-refractivity contribution in [3.05, 3.63) is 140 Å². The lowest BCUT2D eigenvalue weighted by Crippen LogP contribution is -1.92. The minimum absolute atomic E-state index is 0.899. The van der Waals surface area contributed by atoms with Crippen molar-refractivity contribution in [2.24, 2.45) is 0 Å². The molecule has 41 heavy (non-hydrogen) atoms. The molecule has 0 N–H and O–H groups in total. The Morgan fingerprint density at radius 3 is 1.90 bits per heavy atom. The first-order chi connectivity index (χ1) is 20.3. The molecule has 0 aliphatic carbocycles. The van der Waals surface area contributed by atoms with Crippen LogP contribution in [0.15, 0.2) is 144 Å². The van der Waals surface area contributed by atoms with Gasteiger partial charge in [0.1, 0.15) is 11.2 Å². The van der Waals surface area contributed by atoms with Gasteiger partial charge >= 0.3 is 0 Å². The second kappa shape index (κ2) is 8.51. The number of furan rings is 1. The topological polar surface area (TPSA) is 26.0 Å². The normalized spacial score (nSPS) is 11.9. The molecule has 2 aromatic heterocycles. The number of nitrogens with zero attached hydrogens (tertiary/aromatic N) is 1. The summed E-state index contributed by atoms with van der Waals surface area (Å²) >= 11 is 0. The molecule has 0 radical (unpaired) electrons. The summed E-state index contributed by atoms with van der Waals surface area (Å²) < 4.78 is 6.61. The summed E-state index contributed by atoms with van der Waals surface area (Å²) in [6, 6.07) is 49.4. The summed E-state index contributed by atoms with van der Waals surface area (Å²) in [5, 5.41) is 10.4. The molecule has 0 bridgehead atoms. The maximum atomic E-state index is 6.61. The van der Waals surface area contributed by atoms with E-state index in [1.165, 1.54) is 21.9 Å². The van der Waals surface area contributed by atoms with Crippen LogP contribution in [0.2, 0.25) is 0 Å². The van der Waals surface area contributed by atoms with E-state index in [1.807, 2.05) is 6.07 Å². The molecule has 0 aliphatic rings. The molecule has 2 nitrogen and oxygen atoms in total. The highest BCUT2D eigenvalue weighted by Crippen LogP contribution is 2.44. The quantitative estimate of drug-likeness (QED) is 0.211. The Bertz CT molecular complexity index is 2480. The van der Waals surface area contributed by atoms with Gasteiger partial charge in [-0.05, 0) is 44.8 Å². The fourth-order valence-corrected chi connectivity index (χ4v) is 6.62. The third kappa shape index (κ3) is 3.22. The van der Waals surface area contributed by atoms with Crippen molar-refractivity contribution in [3.63, 3.8) is 0 Å². The molecule has 2 heterocycles. The van der Waals surface area contributed by atoms with Gasteiger partial charge in [-0.2, -0.15) is 0 Å². The molecule has 2 heteroatoms. The third-order valence-electron chi connectivity index (χ3n) is 8.42. The van der Waals surface area contributed by atoms with Crippen LogP contribution in [-0.4, -0.2) is 4.98 Å². The van der Waals surface area contributed by atoms with Crippen molar-refractivity contribution in [1.82, 2.24) is 4.98 Å². The average Bonchev–Trinajstić information content (AvgIpc) is 3.44. The van der Waals surface area contributed by atoms with Crippen LogP contribution in [0.25, 0.3) is 87.5 Å². The lowest BCUT2D eigenvalue weighted by molar-refractivity contribution is 0.673. The number of pyridine rings is 1. The molecule has 0 unspecified atom stereocenters. The van der Waals surface area contributed by atoms with Crippen molar-refractivity contribution >= 4 is 65.2 Å². The van der Waals surface area contributed by atoms with Crippen LogP contribution in [0, 0.1) is 0 Å². The molecule has 0 fully saturated rings. The molecule has 0 saturated heterocycles. The number of benzene rings is 7. The number of para-hydroxylation sites is 1. The Labute approximate surface area is 236 Å².